The Morgan fingerprint density at radius 2 is 1.95 bits per heavy atom. The standard InChI is InChI=1S/C18H17FO2/c1-21-17-9-8-15(19)11-16(17)18(20)14-7-6-12-4-2-3-5-13(12)10-14/h2-5,8-9,11,14H,6-7,10H2,1H3. The number of carbonyl (C=O) groups excluding carboxylic acids is 1. The van der Waals surface area contributed by atoms with Crippen molar-refractivity contribution in [1.82, 2.24) is 0 Å². The van der Waals surface area contributed by atoms with Crippen molar-refractivity contribution < 1.29 is 13.9 Å². The van der Waals surface area contributed by atoms with Crippen LogP contribution in [0.25, 0.3) is 0 Å². The number of ketones is 1. The van der Waals surface area contributed by atoms with Crippen LogP contribution in [0.1, 0.15) is 27.9 Å². The van der Waals surface area contributed by atoms with Crippen LogP contribution in [0.4, 0.5) is 4.39 Å². The molecule has 2 aromatic carbocycles. The number of halogens is 1. The van der Waals surface area contributed by atoms with E-state index in [2.05, 4.69) is 12.1 Å². The third kappa shape index (κ3) is 2.68. The summed E-state index contributed by atoms with van der Waals surface area (Å²) in [6.07, 6.45) is 2.41. The molecule has 0 aromatic heterocycles. The fourth-order valence-corrected chi connectivity index (χ4v) is 3.01. The van der Waals surface area contributed by atoms with Gasteiger partial charge in [0.15, 0.2) is 5.78 Å². The van der Waals surface area contributed by atoms with Gasteiger partial charge in [-0.25, -0.2) is 4.39 Å². The molecule has 108 valence electrons. The van der Waals surface area contributed by atoms with Crippen molar-refractivity contribution in [3.63, 3.8) is 0 Å². The highest BCUT2D eigenvalue weighted by atomic mass is 19.1. The van der Waals surface area contributed by atoms with Crippen molar-refractivity contribution in [2.45, 2.75) is 19.3 Å². The molecule has 2 nitrogen and oxygen atoms in total. The lowest BCUT2D eigenvalue weighted by Crippen LogP contribution is -2.23. The Labute approximate surface area is 123 Å². The number of rotatable bonds is 3. The van der Waals surface area contributed by atoms with Gasteiger partial charge >= 0.3 is 0 Å². The number of hydrogen-bond acceptors (Lipinski definition) is 2. The Hall–Kier alpha value is -2.16. The van der Waals surface area contributed by atoms with Crippen LogP contribution >= 0.6 is 0 Å². The topological polar surface area (TPSA) is 26.3 Å². The average molecular weight is 284 g/mol. The second kappa shape index (κ2) is 5.68. The predicted octanol–water partition coefficient (Wildman–Crippen LogP) is 3.82. The van der Waals surface area contributed by atoms with Crippen LogP contribution in [0.5, 0.6) is 5.75 Å². The highest BCUT2D eigenvalue weighted by Crippen LogP contribution is 2.30. The second-order valence-electron chi connectivity index (χ2n) is 5.42. The number of Topliss-reactive ketones (excluding diaryl/α,β-unsaturated/α-hetero) is 1. The van der Waals surface area contributed by atoms with Gasteiger partial charge in [0.2, 0.25) is 0 Å². The van der Waals surface area contributed by atoms with E-state index in [1.807, 2.05) is 12.1 Å². The van der Waals surface area contributed by atoms with Crippen LogP contribution in [0.15, 0.2) is 42.5 Å². The number of fused-ring (bicyclic) bond motifs is 1. The number of methoxy groups -OCH3 is 1. The Bertz CT molecular complexity index is 679. The van der Waals surface area contributed by atoms with Crippen LogP contribution in [-0.4, -0.2) is 12.9 Å². The molecule has 0 amide bonds. The molecule has 21 heavy (non-hydrogen) atoms. The van der Waals surface area contributed by atoms with Crippen LogP contribution in [0.3, 0.4) is 0 Å². The average Bonchev–Trinajstić information content (AvgIpc) is 2.53. The number of carbonyl (C=O) groups is 1. The summed E-state index contributed by atoms with van der Waals surface area (Å²) >= 11 is 0. The highest BCUT2D eigenvalue weighted by Gasteiger charge is 2.27. The van der Waals surface area contributed by atoms with Crippen LogP contribution < -0.4 is 4.74 Å². The fourth-order valence-electron chi connectivity index (χ4n) is 3.01. The maximum atomic E-state index is 13.4. The molecule has 0 heterocycles. The summed E-state index contributed by atoms with van der Waals surface area (Å²) in [6.45, 7) is 0. The molecule has 0 N–H and O–H groups in total. The molecule has 2 aromatic rings. The van der Waals surface area contributed by atoms with Crippen LogP contribution in [-0.2, 0) is 12.8 Å². The second-order valence-corrected chi connectivity index (χ2v) is 5.42. The Balaban J connectivity index is 1.89. The minimum atomic E-state index is -0.407. The molecule has 1 aliphatic carbocycles. The minimum Gasteiger partial charge on any atom is -0.496 e. The van der Waals surface area contributed by atoms with E-state index in [1.165, 1.54) is 36.4 Å². The first-order chi connectivity index (χ1) is 10.2. The molecule has 3 heteroatoms. The lowest BCUT2D eigenvalue weighted by molar-refractivity contribution is 0.0905. The molecular formula is C18H17FO2. The van der Waals surface area contributed by atoms with Gasteiger partial charge in [0.1, 0.15) is 11.6 Å². The molecule has 0 saturated heterocycles. The summed E-state index contributed by atoms with van der Waals surface area (Å²) in [5, 5.41) is 0. The lowest BCUT2D eigenvalue weighted by atomic mass is 9.80. The predicted molar refractivity (Wildman–Crippen MR) is 79.2 cm³/mol. The van der Waals surface area contributed by atoms with E-state index >= 15 is 0 Å². The van der Waals surface area contributed by atoms with E-state index in [0.29, 0.717) is 17.7 Å². The third-order valence-electron chi connectivity index (χ3n) is 4.14. The van der Waals surface area contributed by atoms with Gasteiger partial charge in [-0.3, -0.25) is 4.79 Å². The first kappa shape index (κ1) is 13.8. The SMILES string of the molecule is COc1ccc(F)cc1C(=O)C1CCc2ccccc2C1. The van der Waals surface area contributed by atoms with E-state index in [4.69, 9.17) is 4.74 Å². The summed E-state index contributed by atoms with van der Waals surface area (Å²) in [5.74, 6) is -0.0907. The molecule has 0 aliphatic heterocycles. The van der Waals surface area contributed by atoms with Crippen molar-refractivity contribution in [1.29, 1.82) is 0 Å². The lowest BCUT2D eigenvalue weighted by Gasteiger charge is -2.24. The largest absolute Gasteiger partial charge is 0.496 e. The van der Waals surface area contributed by atoms with Gasteiger partial charge in [-0.1, -0.05) is 24.3 Å². The van der Waals surface area contributed by atoms with Crippen molar-refractivity contribution in [3.05, 3.63) is 65.0 Å². The molecular weight excluding hydrogens is 267 g/mol. The van der Waals surface area contributed by atoms with Gasteiger partial charge in [-0.15, -0.1) is 0 Å². The van der Waals surface area contributed by atoms with Crippen molar-refractivity contribution >= 4 is 5.78 Å². The quantitative estimate of drug-likeness (QED) is 0.801. The van der Waals surface area contributed by atoms with Gasteiger partial charge < -0.3 is 4.74 Å². The monoisotopic (exact) mass is 284 g/mol. The van der Waals surface area contributed by atoms with Gasteiger partial charge in [-0.2, -0.15) is 0 Å². The molecule has 3 rings (SSSR count). The summed E-state index contributed by atoms with van der Waals surface area (Å²) in [5.41, 5.74) is 2.88. The van der Waals surface area contributed by atoms with Crippen molar-refractivity contribution in [2.24, 2.45) is 5.92 Å². The molecule has 0 radical (unpaired) electrons. The van der Waals surface area contributed by atoms with Gasteiger partial charge in [0, 0.05) is 5.92 Å². The maximum absolute atomic E-state index is 13.4. The maximum Gasteiger partial charge on any atom is 0.170 e. The number of hydrogen-bond donors (Lipinski definition) is 0. The van der Waals surface area contributed by atoms with E-state index in [1.54, 1.807) is 0 Å². The zero-order valence-electron chi connectivity index (χ0n) is 11.9. The molecule has 1 atom stereocenters. The van der Waals surface area contributed by atoms with Crippen LogP contribution in [0.2, 0.25) is 0 Å². The Morgan fingerprint density at radius 3 is 2.71 bits per heavy atom. The Morgan fingerprint density at radius 1 is 1.19 bits per heavy atom. The third-order valence-corrected chi connectivity index (χ3v) is 4.14. The van der Waals surface area contributed by atoms with Gasteiger partial charge in [-0.05, 0) is 48.6 Å². The van der Waals surface area contributed by atoms with Crippen molar-refractivity contribution in [3.8, 4) is 5.75 Å². The number of benzene rings is 2. The summed E-state index contributed by atoms with van der Waals surface area (Å²) in [4.78, 5) is 12.7. The van der Waals surface area contributed by atoms with Crippen molar-refractivity contribution in [2.75, 3.05) is 7.11 Å². The van der Waals surface area contributed by atoms with E-state index in [0.717, 1.165) is 12.8 Å². The number of ether oxygens (including phenoxy) is 1. The first-order valence-corrected chi connectivity index (χ1v) is 7.13. The van der Waals surface area contributed by atoms with E-state index < -0.39 is 5.82 Å². The molecule has 1 aliphatic rings. The van der Waals surface area contributed by atoms with Crippen LogP contribution in [0, 0.1) is 11.7 Å². The molecule has 0 bridgehead atoms. The highest BCUT2D eigenvalue weighted by molar-refractivity contribution is 6.00. The summed E-state index contributed by atoms with van der Waals surface area (Å²) in [6, 6.07) is 12.3. The minimum absolute atomic E-state index is 0.0270. The number of aryl methyl sites for hydroxylation is 1. The normalized spacial score (nSPS) is 17.1. The van der Waals surface area contributed by atoms with E-state index in [-0.39, 0.29) is 11.7 Å². The molecule has 1 unspecified atom stereocenters. The molecule has 0 spiro atoms. The zero-order chi connectivity index (χ0) is 14.8. The molecule has 0 fully saturated rings. The van der Waals surface area contributed by atoms with Gasteiger partial charge in [0.05, 0.1) is 12.7 Å². The Kier molecular flexibility index (Phi) is 3.74. The zero-order valence-corrected chi connectivity index (χ0v) is 11.9. The summed E-state index contributed by atoms with van der Waals surface area (Å²) < 4.78 is 18.6. The summed E-state index contributed by atoms with van der Waals surface area (Å²) in [7, 11) is 1.50. The smallest absolute Gasteiger partial charge is 0.170 e. The van der Waals surface area contributed by atoms with E-state index in [9.17, 15) is 9.18 Å². The fraction of sp³-hybridized carbons (Fsp3) is 0.278. The molecule has 0 saturated carbocycles. The van der Waals surface area contributed by atoms with Gasteiger partial charge in [0.25, 0.3) is 0 Å². The first-order valence-electron chi connectivity index (χ1n) is 7.13.